The summed E-state index contributed by atoms with van der Waals surface area (Å²) >= 11 is 0. The fraction of sp³-hybridized carbons (Fsp3) is 0. The van der Waals surface area contributed by atoms with Crippen molar-refractivity contribution in [3.63, 3.8) is 0 Å². The van der Waals surface area contributed by atoms with Gasteiger partial charge in [-0.3, -0.25) is 30.7 Å². The van der Waals surface area contributed by atoms with Crippen molar-refractivity contribution in [3.05, 3.63) is 88.9 Å². The van der Waals surface area contributed by atoms with Gasteiger partial charge in [-0.15, -0.1) is 0 Å². The third-order valence-electron chi connectivity index (χ3n) is 4.23. The van der Waals surface area contributed by atoms with Crippen molar-refractivity contribution in [2.24, 2.45) is 0 Å². The molecule has 1 amide bonds. The van der Waals surface area contributed by atoms with E-state index in [0.717, 1.165) is 17.2 Å². The van der Waals surface area contributed by atoms with Gasteiger partial charge in [0.2, 0.25) is 11.6 Å². The SMILES string of the molecule is O=C(NNc1ncnc(Nc2cccc3ncccc23)c1[N+](=O)[O-])c1ccccc1. The number of nitro groups is 1. The van der Waals surface area contributed by atoms with Crippen molar-refractivity contribution < 1.29 is 9.72 Å². The molecule has 10 nitrogen and oxygen atoms in total. The van der Waals surface area contributed by atoms with Gasteiger partial charge in [-0.1, -0.05) is 24.3 Å². The van der Waals surface area contributed by atoms with Crippen LogP contribution in [0.1, 0.15) is 10.4 Å². The van der Waals surface area contributed by atoms with Crippen molar-refractivity contribution in [2.45, 2.75) is 0 Å². The van der Waals surface area contributed by atoms with Gasteiger partial charge in [0, 0.05) is 22.8 Å². The molecular weight excluding hydrogens is 386 g/mol. The van der Waals surface area contributed by atoms with Crippen molar-refractivity contribution in [3.8, 4) is 0 Å². The molecule has 4 rings (SSSR count). The highest BCUT2D eigenvalue weighted by atomic mass is 16.6. The quantitative estimate of drug-likeness (QED) is 0.330. The molecule has 0 aliphatic heterocycles. The van der Waals surface area contributed by atoms with E-state index in [-0.39, 0.29) is 11.6 Å². The van der Waals surface area contributed by atoms with Crippen LogP contribution in [-0.4, -0.2) is 25.8 Å². The minimum absolute atomic E-state index is 0.0252. The maximum atomic E-state index is 12.2. The minimum Gasteiger partial charge on any atom is -0.334 e. The van der Waals surface area contributed by atoms with Crippen molar-refractivity contribution in [2.75, 3.05) is 10.7 Å². The lowest BCUT2D eigenvalue weighted by Gasteiger charge is -2.12. The van der Waals surface area contributed by atoms with E-state index in [1.165, 1.54) is 0 Å². The molecule has 4 aromatic rings. The number of anilines is 3. The summed E-state index contributed by atoms with van der Waals surface area (Å²) in [6.07, 6.45) is 2.83. The maximum absolute atomic E-state index is 12.2. The summed E-state index contributed by atoms with van der Waals surface area (Å²) in [6.45, 7) is 0. The van der Waals surface area contributed by atoms with Gasteiger partial charge in [0.15, 0.2) is 0 Å². The van der Waals surface area contributed by atoms with Crippen molar-refractivity contribution in [1.29, 1.82) is 0 Å². The highest BCUT2D eigenvalue weighted by Crippen LogP contribution is 2.32. The van der Waals surface area contributed by atoms with Gasteiger partial charge in [0.25, 0.3) is 5.91 Å². The Kier molecular flexibility index (Phi) is 5.12. The number of carbonyl (C=O) groups is 1. The number of aromatic nitrogens is 3. The predicted octanol–water partition coefficient (Wildman–Crippen LogP) is 3.43. The van der Waals surface area contributed by atoms with Crippen molar-refractivity contribution in [1.82, 2.24) is 20.4 Å². The summed E-state index contributed by atoms with van der Waals surface area (Å²) in [7, 11) is 0. The Morgan fingerprint density at radius 3 is 2.50 bits per heavy atom. The number of nitrogens with zero attached hydrogens (tertiary/aromatic N) is 4. The zero-order valence-electron chi connectivity index (χ0n) is 15.4. The molecule has 3 N–H and O–H groups in total. The molecule has 0 unspecified atom stereocenters. The molecule has 2 heterocycles. The Morgan fingerprint density at radius 1 is 0.900 bits per heavy atom. The highest BCUT2D eigenvalue weighted by molar-refractivity contribution is 5.95. The van der Waals surface area contributed by atoms with Crippen LogP contribution < -0.4 is 16.2 Å². The normalized spacial score (nSPS) is 10.4. The molecule has 0 bridgehead atoms. The first-order valence-electron chi connectivity index (χ1n) is 8.85. The van der Waals surface area contributed by atoms with E-state index in [1.807, 2.05) is 12.1 Å². The second kappa shape index (κ2) is 8.19. The Bertz CT molecular complexity index is 1230. The number of nitrogens with one attached hydrogen (secondary N) is 3. The summed E-state index contributed by atoms with van der Waals surface area (Å²) in [4.78, 5) is 35.5. The number of benzene rings is 2. The van der Waals surface area contributed by atoms with Gasteiger partial charge in [-0.2, -0.15) is 0 Å². The van der Waals surface area contributed by atoms with Crippen LogP contribution in [0.25, 0.3) is 10.9 Å². The average molecular weight is 401 g/mol. The lowest BCUT2D eigenvalue weighted by Crippen LogP contribution is -2.30. The first kappa shape index (κ1) is 18.7. The Labute approximate surface area is 170 Å². The maximum Gasteiger partial charge on any atom is 0.355 e. The minimum atomic E-state index is -0.622. The summed E-state index contributed by atoms with van der Waals surface area (Å²) in [5.41, 5.74) is 6.23. The smallest absolute Gasteiger partial charge is 0.334 e. The molecule has 2 aromatic heterocycles. The van der Waals surface area contributed by atoms with Gasteiger partial charge in [0.1, 0.15) is 6.33 Å². The lowest BCUT2D eigenvalue weighted by molar-refractivity contribution is -0.383. The summed E-state index contributed by atoms with van der Waals surface area (Å²) in [6, 6.07) is 17.4. The number of amides is 1. The van der Waals surface area contributed by atoms with Gasteiger partial charge in [-0.25, -0.2) is 9.97 Å². The Hall–Kier alpha value is -4.60. The number of rotatable bonds is 6. The number of hydrazine groups is 1. The zero-order valence-corrected chi connectivity index (χ0v) is 15.4. The second-order valence-corrected chi connectivity index (χ2v) is 6.12. The topological polar surface area (TPSA) is 135 Å². The van der Waals surface area contributed by atoms with Crippen LogP contribution in [0.3, 0.4) is 0 Å². The fourth-order valence-corrected chi connectivity index (χ4v) is 2.85. The van der Waals surface area contributed by atoms with Crippen LogP contribution in [0, 0.1) is 10.1 Å². The zero-order chi connectivity index (χ0) is 20.9. The molecule has 0 fully saturated rings. The second-order valence-electron chi connectivity index (χ2n) is 6.12. The van der Waals surface area contributed by atoms with E-state index in [9.17, 15) is 14.9 Å². The standard InChI is InChI=1S/C20H15N7O3/c28-20(13-6-2-1-3-7-13)26-25-19-17(27(29)30)18(22-12-23-19)24-16-10-4-9-15-14(16)8-5-11-21-15/h1-12H,(H,26,28)(H2,22,23,24,25). The van der Waals surface area contributed by atoms with Gasteiger partial charge < -0.3 is 5.32 Å². The summed E-state index contributed by atoms with van der Waals surface area (Å²) < 4.78 is 0. The number of fused-ring (bicyclic) bond motifs is 1. The predicted molar refractivity (Wildman–Crippen MR) is 111 cm³/mol. The van der Waals surface area contributed by atoms with Gasteiger partial charge in [0.05, 0.1) is 10.4 Å². The largest absolute Gasteiger partial charge is 0.355 e. The number of carbonyl (C=O) groups excluding carboxylic acids is 1. The summed E-state index contributed by atoms with van der Waals surface area (Å²) in [5, 5.41) is 15.5. The van der Waals surface area contributed by atoms with Crippen LogP contribution in [0.4, 0.5) is 23.0 Å². The van der Waals surface area contributed by atoms with Gasteiger partial charge >= 0.3 is 5.69 Å². The molecule has 30 heavy (non-hydrogen) atoms. The van der Waals surface area contributed by atoms with E-state index >= 15 is 0 Å². The van der Waals surface area contributed by atoms with Crippen LogP contribution in [0.15, 0.2) is 73.2 Å². The molecule has 0 saturated heterocycles. The molecular formula is C20H15N7O3. The van der Waals surface area contributed by atoms with Crippen LogP contribution in [-0.2, 0) is 0 Å². The molecule has 0 spiro atoms. The third-order valence-corrected chi connectivity index (χ3v) is 4.23. The van der Waals surface area contributed by atoms with E-state index in [2.05, 4.69) is 31.1 Å². The van der Waals surface area contributed by atoms with Crippen LogP contribution >= 0.6 is 0 Å². The van der Waals surface area contributed by atoms with E-state index < -0.39 is 16.5 Å². The first-order valence-corrected chi connectivity index (χ1v) is 8.85. The molecule has 10 heteroatoms. The van der Waals surface area contributed by atoms with E-state index in [4.69, 9.17) is 0 Å². The molecule has 0 aliphatic rings. The molecule has 0 radical (unpaired) electrons. The molecule has 0 atom stereocenters. The Balaban J connectivity index is 1.63. The molecule has 2 aromatic carbocycles. The van der Waals surface area contributed by atoms with E-state index in [0.29, 0.717) is 11.3 Å². The third kappa shape index (κ3) is 3.83. The van der Waals surface area contributed by atoms with Crippen LogP contribution in [0.5, 0.6) is 0 Å². The first-order chi connectivity index (χ1) is 14.6. The number of pyridine rings is 1. The van der Waals surface area contributed by atoms with E-state index in [1.54, 1.807) is 54.7 Å². The summed E-state index contributed by atoms with van der Waals surface area (Å²) in [5.74, 6) is -0.638. The van der Waals surface area contributed by atoms with Crippen molar-refractivity contribution >= 4 is 39.8 Å². The highest BCUT2D eigenvalue weighted by Gasteiger charge is 2.24. The van der Waals surface area contributed by atoms with Gasteiger partial charge in [-0.05, 0) is 36.4 Å². The Morgan fingerprint density at radius 2 is 1.70 bits per heavy atom. The molecule has 148 valence electrons. The monoisotopic (exact) mass is 401 g/mol. The lowest BCUT2D eigenvalue weighted by atomic mass is 10.2. The number of hydrogen-bond acceptors (Lipinski definition) is 8. The average Bonchev–Trinajstić information content (AvgIpc) is 2.78. The number of hydrogen-bond donors (Lipinski definition) is 3. The molecule has 0 saturated carbocycles. The fourth-order valence-electron chi connectivity index (χ4n) is 2.85. The molecule has 0 aliphatic carbocycles. The van der Waals surface area contributed by atoms with Crippen LogP contribution in [0.2, 0.25) is 0 Å².